The highest BCUT2D eigenvalue weighted by Gasteiger charge is 2.33. The van der Waals surface area contributed by atoms with Crippen LogP contribution in [0.3, 0.4) is 0 Å². The molecule has 1 aromatic carbocycles. The first-order chi connectivity index (χ1) is 12.7. The quantitative estimate of drug-likeness (QED) is 0.814. The molecule has 1 saturated heterocycles. The van der Waals surface area contributed by atoms with E-state index in [4.69, 9.17) is 14.0 Å². The Bertz CT molecular complexity index is 768. The van der Waals surface area contributed by atoms with E-state index in [2.05, 4.69) is 15.5 Å². The van der Waals surface area contributed by atoms with Crippen LogP contribution in [-0.2, 0) is 6.42 Å². The first kappa shape index (κ1) is 16.7. The van der Waals surface area contributed by atoms with Crippen LogP contribution in [0.4, 0.5) is 4.79 Å². The van der Waals surface area contributed by atoms with E-state index in [0.29, 0.717) is 49.4 Å². The molecule has 1 aliphatic carbocycles. The molecule has 0 atom stereocenters. The third-order valence-electron chi connectivity index (χ3n) is 4.54. The number of nitrogens with zero attached hydrogens (tertiary/aromatic N) is 3. The van der Waals surface area contributed by atoms with Gasteiger partial charge in [0.1, 0.15) is 6.10 Å². The van der Waals surface area contributed by atoms with Gasteiger partial charge < -0.3 is 24.2 Å². The molecule has 2 heterocycles. The molecule has 1 N–H and O–H groups in total. The summed E-state index contributed by atoms with van der Waals surface area (Å²) in [6.45, 7) is 1.58. The number of carbonyl (C=O) groups is 1. The number of rotatable bonds is 7. The molecule has 2 fully saturated rings. The summed E-state index contributed by atoms with van der Waals surface area (Å²) in [6, 6.07) is 7.40. The highest BCUT2D eigenvalue weighted by atomic mass is 16.5. The van der Waals surface area contributed by atoms with Gasteiger partial charge in [-0.25, -0.2) is 4.79 Å². The second-order valence-corrected chi connectivity index (χ2v) is 6.60. The van der Waals surface area contributed by atoms with E-state index >= 15 is 0 Å². The van der Waals surface area contributed by atoms with Crippen LogP contribution in [0.25, 0.3) is 0 Å². The Labute approximate surface area is 151 Å². The molecule has 8 nitrogen and oxygen atoms in total. The smallest absolute Gasteiger partial charge is 0.317 e. The lowest BCUT2D eigenvalue weighted by atomic mass is 10.2. The van der Waals surface area contributed by atoms with Crippen molar-refractivity contribution in [3.8, 4) is 11.5 Å². The van der Waals surface area contributed by atoms with Crippen molar-refractivity contribution in [3.63, 3.8) is 0 Å². The van der Waals surface area contributed by atoms with Gasteiger partial charge in [0, 0.05) is 18.9 Å². The highest BCUT2D eigenvalue weighted by Crippen LogP contribution is 2.38. The van der Waals surface area contributed by atoms with Crippen molar-refractivity contribution in [2.24, 2.45) is 0 Å². The third-order valence-corrected chi connectivity index (χ3v) is 4.54. The Morgan fingerprint density at radius 2 is 2.08 bits per heavy atom. The number of hydrogen-bond donors (Lipinski definition) is 1. The molecule has 138 valence electrons. The average molecular weight is 358 g/mol. The lowest BCUT2D eigenvalue weighted by molar-refractivity contribution is 0.0428. The van der Waals surface area contributed by atoms with Crippen molar-refractivity contribution >= 4 is 6.03 Å². The predicted molar refractivity (Wildman–Crippen MR) is 92.4 cm³/mol. The SMILES string of the molecule is COc1ccccc1OC1CN(C(=O)NCCc2nc(C3CC3)no2)C1. The zero-order valence-corrected chi connectivity index (χ0v) is 14.7. The number of aromatic nitrogens is 2. The average Bonchev–Trinajstić information content (AvgIpc) is 3.37. The van der Waals surface area contributed by atoms with E-state index in [0.717, 1.165) is 18.7 Å². The number of carbonyl (C=O) groups excluding carboxylic acids is 1. The second-order valence-electron chi connectivity index (χ2n) is 6.60. The van der Waals surface area contributed by atoms with Crippen molar-refractivity contribution in [1.29, 1.82) is 0 Å². The number of methoxy groups -OCH3 is 1. The predicted octanol–water partition coefficient (Wildman–Crippen LogP) is 1.97. The number of ether oxygens (including phenoxy) is 2. The summed E-state index contributed by atoms with van der Waals surface area (Å²) >= 11 is 0. The van der Waals surface area contributed by atoms with E-state index in [1.54, 1.807) is 12.0 Å². The van der Waals surface area contributed by atoms with Gasteiger partial charge >= 0.3 is 6.03 Å². The molecule has 8 heteroatoms. The molecule has 1 aromatic heterocycles. The van der Waals surface area contributed by atoms with E-state index in [1.807, 2.05) is 24.3 Å². The fourth-order valence-electron chi connectivity index (χ4n) is 2.84. The summed E-state index contributed by atoms with van der Waals surface area (Å²) in [5.74, 6) is 3.24. The van der Waals surface area contributed by atoms with Gasteiger partial charge in [-0.2, -0.15) is 4.98 Å². The molecule has 4 rings (SSSR count). The molecule has 2 aliphatic rings. The van der Waals surface area contributed by atoms with Crippen LogP contribution in [0.15, 0.2) is 28.8 Å². The van der Waals surface area contributed by atoms with Crippen LogP contribution in [0.5, 0.6) is 11.5 Å². The molecule has 0 spiro atoms. The van der Waals surface area contributed by atoms with E-state index in [9.17, 15) is 4.79 Å². The van der Waals surface area contributed by atoms with Crippen molar-refractivity contribution in [3.05, 3.63) is 36.0 Å². The molecule has 0 radical (unpaired) electrons. The minimum absolute atomic E-state index is 0.0194. The van der Waals surface area contributed by atoms with Crippen molar-refractivity contribution < 1.29 is 18.8 Å². The summed E-state index contributed by atoms with van der Waals surface area (Å²) < 4.78 is 16.3. The van der Waals surface area contributed by atoms with Gasteiger partial charge in [-0.3, -0.25) is 0 Å². The lowest BCUT2D eigenvalue weighted by Gasteiger charge is -2.38. The van der Waals surface area contributed by atoms with Gasteiger partial charge in [0.25, 0.3) is 0 Å². The first-order valence-corrected chi connectivity index (χ1v) is 8.88. The fraction of sp³-hybridized carbons (Fsp3) is 0.500. The Kier molecular flexibility index (Phi) is 4.64. The number of urea groups is 1. The number of para-hydroxylation sites is 2. The Hall–Kier alpha value is -2.77. The molecule has 0 unspecified atom stereocenters. The van der Waals surface area contributed by atoms with Crippen molar-refractivity contribution in [1.82, 2.24) is 20.4 Å². The summed E-state index contributed by atoms with van der Waals surface area (Å²) in [4.78, 5) is 18.2. The second kappa shape index (κ2) is 7.23. The van der Waals surface area contributed by atoms with Crippen LogP contribution in [0, 0.1) is 0 Å². The number of amides is 2. The van der Waals surface area contributed by atoms with Crippen LogP contribution < -0.4 is 14.8 Å². The number of nitrogens with one attached hydrogen (secondary N) is 1. The normalized spacial score (nSPS) is 16.9. The molecule has 26 heavy (non-hydrogen) atoms. The number of benzene rings is 1. The molecule has 1 aliphatic heterocycles. The summed E-state index contributed by atoms with van der Waals surface area (Å²) in [6.07, 6.45) is 2.81. The van der Waals surface area contributed by atoms with Gasteiger partial charge in [0.05, 0.1) is 20.2 Å². The minimum atomic E-state index is -0.105. The molecular weight excluding hydrogens is 336 g/mol. The van der Waals surface area contributed by atoms with Crippen LogP contribution in [-0.4, -0.2) is 53.9 Å². The minimum Gasteiger partial charge on any atom is -0.493 e. The third kappa shape index (κ3) is 3.74. The van der Waals surface area contributed by atoms with Crippen LogP contribution in [0.2, 0.25) is 0 Å². The highest BCUT2D eigenvalue weighted by molar-refractivity contribution is 5.75. The maximum Gasteiger partial charge on any atom is 0.317 e. The Balaban J connectivity index is 1.17. The molecule has 1 saturated carbocycles. The Morgan fingerprint density at radius 3 is 2.81 bits per heavy atom. The lowest BCUT2D eigenvalue weighted by Crippen LogP contribution is -2.59. The summed E-state index contributed by atoms with van der Waals surface area (Å²) in [5.41, 5.74) is 0. The molecule has 0 bridgehead atoms. The van der Waals surface area contributed by atoms with Crippen molar-refractivity contribution in [2.75, 3.05) is 26.7 Å². The van der Waals surface area contributed by atoms with E-state index < -0.39 is 0 Å². The van der Waals surface area contributed by atoms with Crippen LogP contribution in [0.1, 0.15) is 30.5 Å². The monoisotopic (exact) mass is 358 g/mol. The standard InChI is InChI=1S/C18H22N4O4/c1-24-14-4-2-3-5-15(14)25-13-10-22(11-13)18(23)19-9-8-16-20-17(21-26-16)12-6-7-12/h2-5,12-13H,6-11H2,1H3,(H,19,23). The van der Waals surface area contributed by atoms with Gasteiger partial charge in [0.15, 0.2) is 17.3 Å². The zero-order chi connectivity index (χ0) is 17.9. The van der Waals surface area contributed by atoms with Gasteiger partial charge in [-0.15, -0.1) is 0 Å². The summed E-state index contributed by atoms with van der Waals surface area (Å²) in [7, 11) is 1.61. The largest absolute Gasteiger partial charge is 0.493 e. The topological polar surface area (TPSA) is 89.7 Å². The molecule has 2 aromatic rings. The molecule has 2 amide bonds. The van der Waals surface area contributed by atoms with Gasteiger partial charge in [0.2, 0.25) is 5.89 Å². The van der Waals surface area contributed by atoms with E-state index in [-0.39, 0.29) is 12.1 Å². The summed E-state index contributed by atoms with van der Waals surface area (Å²) in [5, 5.41) is 6.84. The van der Waals surface area contributed by atoms with Gasteiger partial charge in [-0.1, -0.05) is 17.3 Å². The zero-order valence-electron chi connectivity index (χ0n) is 14.7. The maximum absolute atomic E-state index is 12.1. The number of likely N-dealkylation sites (tertiary alicyclic amines) is 1. The van der Waals surface area contributed by atoms with E-state index in [1.165, 1.54) is 0 Å². The first-order valence-electron chi connectivity index (χ1n) is 8.88. The Morgan fingerprint density at radius 1 is 1.31 bits per heavy atom. The van der Waals surface area contributed by atoms with Gasteiger partial charge in [-0.05, 0) is 25.0 Å². The molecular formula is C18H22N4O4. The van der Waals surface area contributed by atoms with Crippen molar-refractivity contribution in [2.45, 2.75) is 31.3 Å². The fourth-order valence-corrected chi connectivity index (χ4v) is 2.84. The maximum atomic E-state index is 12.1. The van der Waals surface area contributed by atoms with Crippen LogP contribution >= 0.6 is 0 Å². The number of hydrogen-bond acceptors (Lipinski definition) is 6.